The summed E-state index contributed by atoms with van der Waals surface area (Å²) in [7, 11) is 1.58. The molecular weight excluding hydrogens is 204 g/mol. The van der Waals surface area contributed by atoms with Gasteiger partial charge in [-0.2, -0.15) is 0 Å². The number of nitrogens with two attached hydrogens (primary N) is 1. The Morgan fingerprint density at radius 3 is 2.75 bits per heavy atom. The minimum atomic E-state index is -0.542. The van der Waals surface area contributed by atoms with E-state index in [1.165, 1.54) is 0 Å². The molecule has 0 spiro atoms. The molecule has 0 aliphatic heterocycles. The second kappa shape index (κ2) is 5.39. The average Bonchev–Trinajstić information content (AvgIpc) is 2.30. The number of nitrogens with one attached hydrogen (secondary N) is 1. The summed E-state index contributed by atoms with van der Waals surface area (Å²) in [6, 6.07) is 5.61. The molecule has 3 N–H and O–H groups in total. The number of hydrogen-bond donors (Lipinski definition) is 2. The summed E-state index contributed by atoms with van der Waals surface area (Å²) < 4.78 is 5.46. The van der Waals surface area contributed by atoms with Crippen LogP contribution >= 0.6 is 0 Å². The van der Waals surface area contributed by atoms with E-state index >= 15 is 0 Å². The Labute approximate surface area is 95.8 Å². The number of benzene rings is 1. The summed E-state index contributed by atoms with van der Waals surface area (Å²) in [6.45, 7) is 3.74. The fraction of sp³-hybridized carbons (Fsp3) is 0.417. The summed E-state index contributed by atoms with van der Waals surface area (Å²) >= 11 is 0. The minimum absolute atomic E-state index is 0.168. The molecule has 88 valence electrons. The van der Waals surface area contributed by atoms with E-state index in [1.807, 2.05) is 12.1 Å². The maximum Gasteiger partial charge on any atom is 0.260 e. The topological polar surface area (TPSA) is 64.3 Å². The third-order valence-electron chi connectivity index (χ3n) is 2.40. The maximum atomic E-state index is 11.3. The van der Waals surface area contributed by atoms with Crippen molar-refractivity contribution < 1.29 is 9.53 Å². The van der Waals surface area contributed by atoms with Gasteiger partial charge in [0.25, 0.3) is 5.91 Å². The predicted octanol–water partition coefficient (Wildman–Crippen LogP) is 1.34. The van der Waals surface area contributed by atoms with Gasteiger partial charge in [-0.25, -0.2) is 0 Å². The molecule has 0 fully saturated rings. The second-order valence-electron chi connectivity index (χ2n) is 3.60. The van der Waals surface area contributed by atoms with Gasteiger partial charge in [-0.3, -0.25) is 4.79 Å². The molecule has 0 aromatic heterocycles. The van der Waals surface area contributed by atoms with Crippen LogP contribution in [0.5, 0.6) is 5.75 Å². The zero-order valence-corrected chi connectivity index (χ0v) is 9.91. The van der Waals surface area contributed by atoms with Crippen molar-refractivity contribution in [3.8, 4) is 5.75 Å². The van der Waals surface area contributed by atoms with Crippen LogP contribution in [0.2, 0.25) is 0 Å². The van der Waals surface area contributed by atoms with Crippen molar-refractivity contribution in [1.82, 2.24) is 5.32 Å². The Balaban J connectivity index is 2.78. The van der Waals surface area contributed by atoms with Gasteiger partial charge in [0.05, 0.1) is 5.69 Å². The molecule has 1 aromatic carbocycles. The molecular formula is C12H18N2O2. The summed E-state index contributed by atoms with van der Waals surface area (Å²) in [5, 5.41) is 2.52. The van der Waals surface area contributed by atoms with Crippen molar-refractivity contribution in [1.29, 1.82) is 0 Å². The van der Waals surface area contributed by atoms with E-state index in [-0.39, 0.29) is 5.91 Å². The third kappa shape index (κ3) is 2.89. The number of rotatable bonds is 4. The van der Waals surface area contributed by atoms with Gasteiger partial charge in [-0.1, -0.05) is 13.0 Å². The number of anilines is 1. The predicted molar refractivity (Wildman–Crippen MR) is 64.4 cm³/mol. The highest BCUT2D eigenvalue weighted by Gasteiger charge is 2.13. The van der Waals surface area contributed by atoms with Crippen LogP contribution in [-0.4, -0.2) is 19.1 Å². The van der Waals surface area contributed by atoms with E-state index in [4.69, 9.17) is 10.5 Å². The van der Waals surface area contributed by atoms with Crippen molar-refractivity contribution in [3.63, 3.8) is 0 Å². The van der Waals surface area contributed by atoms with Crippen LogP contribution in [0.3, 0.4) is 0 Å². The summed E-state index contributed by atoms with van der Waals surface area (Å²) in [4.78, 5) is 11.3. The van der Waals surface area contributed by atoms with Crippen LogP contribution in [0.1, 0.15) is 19.4 Å². The molecule has 0 bridgehead atoms. The SMILES string of the molecule is CCc1ccc(OC(C)C(=O)NC)c(N)c1. The van der Waals surface area contributed by atoms with Gasteiger partial charge < -0.3 is 15.8 Å². The Morgan fingerprint density at radius 1 is 1.56 bits per heavy atom. The molecule has 1 unspecified atom stereocenters. The highest BCUT2D eigenvalue weighted by molar-refractivity contribution is 5.80. The number of aryl methyl sites for hydroxylation is 1. The normalized spacial score (nSPS) is 11.9. The summed E-state index contributed by atoms with van der Waals surface area (Å²) in [5.74, 6) is 0.382. The molecule has 4 heteroatoms. The van der Waals surface area contributed by atoms with Crippen molar-refractivity contribution >= 4 is 11.6 Å². The minimum Gasteiger partial charge on any atom is -0.479 e. The molecule has 0 aliphatic rings. The van der Waals surface area contributed by atoms with Gasteiger partial charge in [0.1, 0.15) is 5.75 Å². The number of hydrogen-bond acceptors (Lipinski definition) is 3. The second-order valence-corrected chi connectivity index (χ2v) is 3.60. The quantitative estimate of drug-likeness (QED) is 0.756. The van der Waals surface area contributed by atoms with E-state index < -0.39 is 6.10 Å². The van der Waals surface area contributed by atoms with Crippen LogP contribution in [0.4, 0.5) is 5.69 Å². The number of ether oxygens (including phenoxy) is 1. The van der Waals surface area contributed by atoms with Crippen molar-refractivity contribution in [2.45, 2.75) is 26.4 Å². The summed E-state index contributed by atoms with van der Waals surface area (Å²) in [5.41, 5.74) is 7.55. The fourth-order valence-electron chi connectivity index (χ4n) is 1.37. The van der Waals surface area contributed by atoms with Crippen LogP contribution < -0.4 is 15.8 Å². The van der Waals surface area contributed by atoms with Crippen LogP contribution in [0.25, 0.3) is 0 Å². The van der Waals surface area contributed by atoms with Gasteiger partial charge in [0.2, 0.25) is 0 Å². The molecule has 4 nitrogen and oxygen atoms in total. The molecule has 1 amide bonds. The smallest absolute Gasteiger partial charge is 0.260 e. The van der Waals surface area contributed by atoms with Crippen LogP contribution in [-0.2, 0) is 11.2 Å². The summed E-state index contributed by atoms with van der Waals surface area (Å²) in [6.07, 6.45) is 0.384. The van der Waals surface area contributed by atoms with E-state index in [2.05, 4.69) is 12.2 Å². The molecule has 16 heavy (non-hydrogen) atoms. The standard InChI is InChI=1S/C12H18N2O2/c1-4-9-5-6-11(10(13)7-9)16-8(2)12(15)14-3/h5-8H,4,13H2,1-3H3,(H,14,15). The van der Waals surface area contributed by atoms with Gasteiger partial charge in [-0.15, -0.1) is 0 Å². The average molecular weight is 222 g/mol. The largest absolute Gasteiger partial charge is 0.479 e. The monoisotopic (exact) mass is 222 g/mol. The van der Waals surface area contributed by atoms with E-state index in [1.54, 1.807) is 20.0 Å². The van der Waals surface area contributed by atoms with Gasteiger partial charge in [0, 0.05) is 7.05 Å². The number of likely N-dealkylation sites (N-methyl/N-ethyl adjacent to an activating group) is 1. The van der Waals surface area contributed by atoms with Gasteiger partial charge in [0.15, 0.2) is 6.10 Å². The zero-order valence-electron chi connectivity index (χ0n) is 9.91. The van der Waals surface area contributed by atoms with Crippen molar-refractivity contribution in [2.24, 2.45) is 0 Å². The lowest BCUT2D eigenvalue weighted by Gasteiger charge is -2.15. The Hall–Kier alpha value is -1.71. The Bertz CT molecular complexity index is 377. The molecule has 1 aromatic rings. The Morgan fingerprint density at radius 2 is 2.25 bits per heavy atom. The molecule has 0 aliphatic carbocycles. The molecule has 0 saturated heterocycles. The Kier molecular flexibility index (Phi) is 4.17. The first-order valence-corrected chi connectivity index (χ1v) is 5.35. The first-order chi connectivity index (χ1) is 7.58. The van der Waals surface area contributed by atoms with Crippen LogP contribution in [0.15, 0.2) is 18.2 Å². The van der Waals surface area contributed by atoms with E-state index in [9.17, 15) is 4.79 Å². The first kappa shape index (κ1) is 12.4. The number of nitrogen functional groups attached to an aromatic ring is 1. The van der Waals surface area contributed by atoms with Gasteiger partial charge >= 0.3 is 0 Å². The molecule has 0 radical (unpaired) electrons. The number of carbonyl (C=O) groups is 1. The zero-order chi connectivity index (χ0) is 12.1. The van der Waals surface area contributed by atoms with E-state index in [0.29, 0.717) is 11.4 Å². The fourth-order valence-corrected chi connectivity index (χ4v) is 1.37. The number of carbonyl (C=O) groups excluding carboxylic acids is 1. The van der Waals surface area contributed by atoms with Crippen LogP contribution in [0, 0.1) is 0 Å². The first-order valence-electron chi connectivity index (χ1n) is 5.35. The molecule has 0 heterocycles. The van der Waals surface area contributed by atoms with E-state index in [0.717, 1.165) is 12.0 Å². The molecule has 1 rings (SSSR count). The maximum absolute atomic E-state index is 11.3. The highest BCUT2D eigenvalue weighted by Crippen LogP contribution is 2.23. The molecule has 0 saturated carbocycles. The van der Waals surface area contributed by atoms with Crippen molar-refractivity contribution in [3.05, 3.63) is 23.8 Å². The lowest BCUT2D eigenvalue weighted by molar-refractivity contribution is -0.126. The van der Waals surface area contributed by atoms with Gasteiger partial charge in [-0.05, 0) is 31.0 Å². The lowest BCUT2D eigenvalue weighted by atomic mass is 10.1. The lowest BCUT2D eigenvalue weighted by Crippen LogP contribution is -2.33. The highest BCUT2D eigenvalue weighted by atomic mass is 16.5. The number of amides is 1. The van der Waals surface area contributed by atoms with Crippen molar-refractivity contribution in [2.75, 3.05) is 12.8 Å². The third-order valence-corrected chi connectivity index (χ3v) is 2.40. The molecule has 1 atom stereocenters.